The van der Waals surface area contributed by atoms with Crippen molar-refractivity contribution in [3.63, 3.8) is 0 Å². The molecule has 2 aromatic rings. The minimum atomic E-state index is -0.321. The van der Waals surface area contributed by atoms with Gasteiger partial charge < -0.3 is 9.67 Å². The van der Waals surface area contributed by atoms with Crippen LogP contribution < -0.4 is 0 Å². The molecule has 84 valence electrons. The third-order valence-corrected chi connectivity index (χ3v) is 2.86. The van der Waals surface area contributed by atoms with E-state index in [4.69, 9.17) is 0 Å². The fourth-order valence-corrected chi connectivity index (χ4v) is 2.01. The fourth-order valence-electron chi connectivity index (χ4n) is 2.01. The zero-order chi connectivity index (χ0) is 11.5. The molecule has 16 heavy (non-hydrogen) atoms. The molecule has 2 rings (SSSR count). The van der Waals surface area contributed by atoms with E-state index in [1.807, 2.05) is 7.05 Å². The van der Waals surface area contributed by atoms with Crippen LogP contribution in [0.25, 0.3) is 10.9 Å². The molecule has 0 aliphatic carbocycles. The van der Waals surface area contributed by atoms with Crippen molar-refractivity contribution in [1.29, 1.82) is 0 Å². The summed E-state index contributed by atoms with van der Waals surface area (Å²) in [6.07, 6.45) is 4.82. The van der Waals surface area contributed by atoms with Crippen LogP contribution in [0.1, 0.15) is 12.0 Å². The van der Waals surface area contributed by atoms with Crippen molar-refractivity contribution in [2.45, 2.75) is 18.9 Å². The Hall–Kier alpha value is -1.54. The first kappa shape index (κ1) is 11.0. The molecule has 0 aliphatic rings. The molecule has 0 bridgehead atoms. The quantitative estimate of drug-likeness (QED) is 0.779. The molecule has 1 N–H and O–H groups in total. The van der Waals surface area contributed by atoms with Crippen LogP contribution in [-0.2, 0) is 13.5 Å². The number of hydrogen-bond acceptors (Lipinski definition) is 1. The number of aliphatic hydroxyl groups excluding tert-OH is 1. The van der Waals surface area contributed by atoms with Crippen LogP contribution in [0.5, 0.6) is 0 Å². The van der Waals surface area contributed by atoms with E-state index in [-0.39, 0.29) is 6.10 Å². The van der Waals surface area contributed by atoms with Gasteiger partial charge in [-0.3, -0.25) is 0 Å². The van der Waals surface area contributed by atoms with E-state index < -0.39 is 0 Å². The lowest BCUT2D eigenvalue weighted by molar-refractivity contribution is 0.178. The van der Waals surface area contributed by atoms with Gasteiger partial charge in [0, 0.05) is 18.8 Å². The Balaban J connectivity index is 2.22. The maximum atomic E-state index is 9.70. The van der Waals surface area contributed by atoms with Crippen LogP contribution in [0.2, 0.25) is 0 Å². The van der Waals surface area contributed by atoms with E-state index in [1.165, 1.54) is 16.5 Å². The average molecular weight is 215 g/mol. The highest BCUT2D eigenvalue weighted by molar-refractivity contribution is 5.80. The lowest BCUT2D eigenvalue weighted by atomic mass is 10.0. The van der Waals surface area contributed by atoms with Crippen LogP contribution >= 0.6 is 0 Å². The first-order valence-electron chi connectivity index (χ1n) is 5.53. The number of fused-ring (bicyclic) bond motifs is 1. The van der Waals surface area contributed by atoms with Gasteiger partial charge >= 0.3 is 0 Å². The first-order chi connectivity index (χ1) is 7.70. The van der Waals surface area contributed by atoms with Gasteiger partial charge in [0.05, 0.1) is 6.10 Å². The fraction of sp³-hybridized carbons (Fsp3) is 0.286. The summed E-state index contributed by atoms with van der Waals surface area (Å²) in [7, 11) is 2.04. The van der Waals surface area contributed by atoms with Crippen LogP contribution in [0, 0.1) is 0 Å². The summed E-state index contributed by atoms with van der Waals surface area (Å²) >= 11 is 0. The highest BCUT2D eigenvalue weighted by Gasteiger charge is 2.05. The maximum Gasteiger partial charge on any atom is 0.0614 e. The van der Waals surface area contributed by atoms with Gasteiger partial charge in [-0.05, 0) is 42.0 Å². The number of hydrogen-bond donors (Lipinski definition) is 1. The molecule has 0 radical (unpaired) electrons. The molecule has 0 saturated heterocycles. The smallest absolute Gasteiger partial charge is 0.0614 e. The monoisotopic (exact) mass is 215 g/mol. The van der Waals surface area contributed by atoms with Gasteiger partial charge in [-0.2, -0.15) is 0 Å². The maximum absolute atomic E-state index is 9.70. The zero-order valence-electron chi connectivity index (χ0n) is 9.56. The van der Waals surface area contributed by atoms with Gasteiger partial charge in [0.2, 0.25) is 0 Å². The van der Waals surface area contributed by atoms with Crippen molar-refractivity contribution >= 4 is 10.9 Å². The lowest BCUT2D eigenvalue weighted by Crippen LogP contribution is -2.08. The third-order valence-electron chi connectivity index (χ3n) is 2.86. The topological polar surface area (TPSA) is 25.2 Å². The standard InChI is InChI=1S/C14H17NO/c1-3-4-13(16)10-11-5-6-14-12(9-11)7-8-15(14)2/h3,5-9,13,16H,1,4,10H2,2H3. The lowest BCUT2D eigenvalue weighted by Gasteiger charge is -2.08. The minimum Gasteiger partial charge on any atom is -0.392 e. The third kappa shape index (κ3) is 2.17. The van der Waals surface area contributed by atoms with E-state index in [2.05, 4.69) is 41.6 Å². The van der Waals surface area contributed by atoms with Gasteiger partial charge in [0.25, 0.3) is 0 Å². The summed E-state index contributed by atoms with van der Waals surface area (Å²) < 4.78 is 2.10. The number of aryl methyl sites for hydroxylation is 1. The molecule has 1 aromatic carbocycles. The van der Waals surface area contributed by atoms with Gasteiger partial charge in [0.1, 0.15) is 0 Å². The Morgan fingerprint density at radius 2 is 2.25 bits per heavy atom. The zero-order valence-corrected chi connectivity index (χ0v) is 9.56. The molecule has 1 atom stereocenters. The molecule has 0 amide bonds. The second kappa shape index (κ2) is 4.54. The Morgan fingerprint density at radius 1 is 1.44 bits per heavy atom. The molecule has 0 fully saturated rings. The van der Waals surface area contributed by atoms with Crippen molar-refractivity contribution in [3.8, 4) is 0 Å². The van der Waals surface area contributed by atoms with Gasteiger partial charge in [-0.15, -0.1) is 6.58 Å². The highest BCUT2D eigenvalue weighted by atomic mass is 16.3. The SMILES string of the molecule is C=CCC(O)Cc1ccc2c(ccn2C)c1. The second-order valence-corrected chi connectivity index (χ2v) is 4.20. The van der Waals surface area contributed by atoms with Gasteiger partial charge in [0.15, 0.2) is 0 Å². The van der Waals surface area contributed by atoms with Crippen LogP contribution in [0.3, 0.4) is 0 Å². The molecule has 0 spiro atoms. The van der Waals surface area contributed by atoms with Crippen LogP contribution in [-0.4, -0.2) is 15.8 Å². The number of nitrogens with zero attached hydrogens (tertiary/aromatic N) is 1. The summed E-state index contributed by atoms with van der Waals surface area (Å²) in [4.78, 5) is 0. The minimum absolute atomic E-state index is 0.321. The summed E-state index contributed by atoms with van der Waals surface area (Å²) in [5, 5.41) is 10.9. The molecular weight excluding hydrogens is 198 g/mol. The number of benzene rings is 1. The predicted octanol–water partition coefficient (Wildman–Crippen LogP) is 2.66. The van der Waals surface area contributed by atoms with Crippen LogP contribution in [0.4, 0.5) is 0 Å². The molecule has 2 heteroatoms. The van der Waals surface area contributed by atoms with Gasteiger partial charge in [-0.1, -0.05) is 12.1 Å². The normalized spacial score (nSPS) is 12.9. The largest absolute Gasteiger partial charge is 0.392 e. The van der Waals surface area contributed by atoms with Crippen LogP contribution in [0.15, 0.2) is 43.1 Å². The Labute approximate surface area is 95.8 Å². The molecule has 1 heterocycles. The second-order valence-electron chi connectivity index (χ2n) is 4.20. The predicted molar refractivity (Wildman–Crippen MR) is 67.4 cm³/mol. The van der Waals surface area contributed by atoms with Crippen molar-refractivity contribution < 1.29 is 5.11 Å². The molecule has 1 unspecified atom stereocenters. The molecule has 0 aliphatic heterocycles. The number of rotatable bonds is 4. The van der Waals surface area contributed by atoms with E-state index in [9.17, 15) is 5.11 Å². The molecular formula is C14H17NO. The van der Waals surface area contributed by atoms with Crippen molar-refractivity contribution in [3.05, 3.63) is 48.7 Å². The summed E-state index contributed by atoms with van der Waals surface area (Å²) in [6.45, 7) is 3.63. The molecule has 0 saturated carbocycles. The summed E-state index contributed by atoms with van der Waals surface area (Å²) in [6, 6.07) is 8.42. The Morgan fingerprint density at radius 3 is 3.00 bits per heavy atom. The Kier molecular flexibility index (Phi) is 3.11. The van der Waals surface area contributed by atoms with Crippen molar-refractivity contribution in [2.75, 3.05) is 0 Å². The molecule has 1 aromatic heterocycles. The van der Waals surface area contributed by atoms with Crippen molar-refractivity contribution in [2.24, 2.45) is 7.05 Å². The first-order valence-corrected chi connectivity index (χ1v) is 5.53. The number of aliphatic hydroxyl groups is 1. The molecule has 2 nitrogen and oxygen atoms in total. The average Bonchev–Trinajstić information content (AvgIpc) is 2.60. The summed E-state index contributed by atoms with van der Waals surface area (Å²) in [5.41, 5.74) is 2.40. The van der Waals surface area contributed by atoms with Crippen molar-refractivity contribution in [1.82, 2.24) is 4.57 Å². The van der Waals surface area contributed by atoms with E-state index in [0.29, 0.717) is 12.8 Å². The van der Waals surface area contributed by atoms with E-state index in [0.717, 1.165) is 0 Å². The Bertz CT molecular complexity index is 498. The highest BCUT2D eigenvalue weighted by Crippen LogP contribution is 2.18. The number of aromatic nitrogens is 1. The van der Waals surface area contributed by atoms with E-state index >= 15 is 0 Å². The summed E-state index contributed by atoms with van der Waals surface area (Å²) in [5.74, 6) is 0. The van der Waals surface area contributed by atoms with E-state index in [1.54, 1.807) is 6.08 Å². The van der Waals surface area contributed by atoms with Gasteiger partial charge in [-0.25, -0.2) is 0 Å².